The van der Waals surface area contributed by atoms with Crippen LogP contribution in [-0.2, 0) is 13.1 Å². The molecule has 0 aliphatic heterocycles. The Hall–Kier alpha value is -3.49. The van der Waals surface area contributed by atoms with Gasteiger partial charge < -0.3 is 9.52 Å². The first kappa shape index (κ1) is 15.1. The number of nitrogens with zero attached hydrogens (tertiary/aromatic N) is 6. The minimum atomic E-state index is -1.04. The van der Waals surface area contributed by atoms with E-state index in [2.05, 4.69) is 20.4 Å². The largest absolute Gasteiger partial charge is 0.476 e. The molecule has 25 heavy (non-hydrogen) atoms. The summed E-state index contributed by atoms with van der Waals surface area (Å²) in [6.07, 6.45) is 5.08. The van der Waals surface area contributed by atoms with Gasteiger partial charge in [-0.05, 0) is 25.1 Å². The molecule has 4 heterocycles. The van der Waals surface area contributed by atoms with E-state index in [4.69, 9.17) is 9.52 Å². The van der Waals surface area contributed by atoms with E-state index in [0.717, 1.165) is 16.7 Å². The van der Waals surface area contributed by atoms with Crippen LogP contribution in [0.4, 0.5) is 0 Å². The van der Waals surface area contributed by atoms with Crippen molar-refractivity contribution in [3.63, 3.8) is 0 Å². The smallest absolute Gasteiger partial charge is 0.356 e. The van der Waals surface area contributed by atoms with E-state index in [9.17, 15) is 4.79 Å². The van der Waals surface area contributed by atoms with Crippen molar-refractivity contribution in [2.45, 2.75) is 20.0 Å². The van der Waals surface area contributed by atoms with Crippen LogP contribution in [0.1, 0.15) is 16.2 Å². The van der Waals surface area contributed by atoms with Crippen LogP contribution >= 0.6 is 0 Å². The third kappa shape index (κ3) is 2.75. The maximum atomic E-state index is 11.0. The van der Waals surface area contributed by atoms with Gasteiger partial charge in [0.2, 0.25) is 0 Å². The van der Waals surface area contributed by atoms with E-state index in [-0.39, 0.29) is 5.69 Å². The monoisotopic (exact) mass is 338 g/mol. The molecule has 0 fully saturated rings. The molecule has 9 heteroatoms. The summed E-state index contributed by atoms with van der Waals surface area (Å²) >= 11 is 0. The number of pyridine rings is 1. The Morgan fingerprint density at radius 2 is 2.20 bits per heavy atom. The van der Waals surface area contributed by atoms with Gasteiger partial charge in [0.15, 0.2) is 5.69 Å². The molecule has 0 unspecified atom stereocenters. The quantitative estimate of drug-likeness (QED) is 0.592. The zero-order chi connectivity index (χ0) is 17.4. The summed E-state index contributed by atoms with van der Waals surface area (Å²) in [7, 11) is 0. The molecule has 0 bridgehead atoms. The molecule has 0 aliphatic rings. The number of carboxylic acid groups (broad SMARTS) is 1. The van der Waals surface area contributed by atoms with Crippen LogP contribution in [0.5, 0.6) is 0 Å². The second-order valence-corrected chi connectivity index (χ2v) is 5.56. The maximum Gasteiger partial charge on any atom is 0.356 e. The first-order valence-electron chi connectivity index (χ1n) is 7.62. The number of carboxylic acids is 1. The highest BCUT2D eigenvalue weighted by molar-refractivity contribution is 5.90. The van der Waals surface area contributed by atoms with Crippen LogP contribution in [0.15, 0.2) is 41.3 Å². The van der Waals surface area contributed by atoms with Gasteiger partial charge in [0.25, 0.3) is 0 Å². The van der Waals surface area contributed by atoms with Crippen molar-refractivity contribution in [2.24, 2.45) is 0 Å². The SMILES string of the molecule is Cc1cc(C(=O)O)nn1CCn1cc(-c2nccc3occc23)nn1. The lowest BCUT2D eigenvalue weighted by Gasteiger charge is -2.03. The lowest BCUT2D eigenvalue weighted by Crippen LogP contribution is -2.11. The van der Waals surface area contributed by atoms with E-state index >= 15 is 0 Å². The van der Waals surface area contributed by atoms with Crippen molar-refractivity contribution in [3.05, 3.63) is 48.2 Å². The minimum Gasteiger partial charge on any atom is -0.476 e. The van der Waals surface area contributed by atoms with E-state index in [1.807, 2.05) is 13.0 Å². The van der Waals surface area contributed by atoms with Crippen molar-refractivity contribution in [1.82, 2.24) is 29.8 Å². The fraction of sp³-hybridized carbons (Fsp3) is 0.188. The van der Waals surface area contributed by atoms with Gasteiger partial charge in [-0.25, -0.2) is 9.48 Å². The third-order valence-corrected chi connectivity index (χ3v) is 3.90. The summed E-state index contributed by atoms with van der Waals surface area (Å²) in [6, 6.07) is 5.18. The van der Waals surface area contributed by atoms with Crippen molar-refractivity contribution in [1.29, 1.82) is 0 Å². The summed E-state index contributed by atoms with van der Waals surface area (Å²) in [4.78, 5) is 15.3. The Morgan fingerprint density at radius 3 is 3.00 bits per heavy atom. The molecule has 0 aromatic carbocycles. The number of fused-ring (bicyclic) bond motifs is 1. The molecular formula is C16H14N6O3. The average Bonchev–Trinajstić information content (AvgIpc) is 3.32. The van der Waals surface area contributed by atoms with Crippen LogP contribution in [0.25, 0.3) is 22.4 Å². The fourth-order valence-electron chi connectivity index (χ4n) is 2.65. The topological polar surface area (TPSA) is 112 Å². The lowest BCUT2D eigenvalue weighted by atomic mass is 10.2. The first-order valence-corrected chi connectivity index (χ1v) is 7.62. The summed E-state index contributed by atoms with van der Waals surface area (Å²) in [5.41, 5.74) is 2.92. The van der Waals surface area contributed by atoms with Crippen molar-refractivity contribution < 1.29 is 14.3 Å². The zero-order valence-electron chi connectivity index (χ0n) is 13.3. The molecule has 126 valence electrons. The number of aromatic nitrogens is 6. The number of furan rings is 1. The summed E-state index contributed by atoms with van der Waals surface area (Å²) in [5.74, 6) is -1.04. The van der Waals surface area contributed by atoms with Crippen molar-refractivity contribution in [2.75, 3.05) is 0 Å². The Bertz CT molecular complexity index is 1060. The van der Waals surface area contributed by atoms with Crippen LogP contribution in [-0.4, -0.2) is 40.8 Å². The maximum absolute atomic E-state index is 11.0. The molecule has 0 saturated carbocycles. The molecule has 4 rings (SSSR count). The van der Waals surface area contributed by atoms with Crippen LogP contribution in [0, 0.1) is 6.92 Å². The van der Waals surface area contributed by atoms with Gasteiger partial charge in [0, 0.05) is 17.3 Å². The highest BCUT2D eigenvalue weighted by atomic mass is 16.4. The van der Waals surface area contributed by atoms with E-state index in [0.29, 0.717) is 24.5 Å². The average molecular weight is 338 g/mol. The molecule has 1 N–H and O–H groups in total. The summed E-state index contributed by atoms with van der Waals surface area (Å²) in [5, 5.41) is 22.2. The highest BCUT2D eigenvalue weighted by Gasteiger charge is 2.13. The van der Waals surface area contributed by atoms with E-state index < -0.39 is 5.97 Å². The van der Waals surface area contributed by atoms with Gasteiger partial charge >= 0.3 is 5.97 Å². The number of hydrogen-bond donors (Lipinski definition) is 1. The fourth-order valence-corrected chi connectivity index (χ4v) is 2.65. The summed E-state index contributed by atoms with van der Waals surface area (Å²) < 4.78 is 8.69. The van der Waals surface area contributed by atoms with Gasteiger partial charge in [-0.3, -0.25) is 9.67 Å². The molecule has 0 amide bonds. The second-order valence-electron chi connectivity index (χ2n) is 5.56. The molecule has 0 spiro atoms. The van der Waals surface area contributed by atoms with Crippen LogP contribution in [0.3, 0.4) is 0 Å². The number of rotatable bonds is 5. The van der Waals surface area contributed by atoms with Crippen LogP contribution < -0.4 is 0 Å². The molecule has 4 aromatic heterocycles. The highest BCUT2D eigenvalue weighted by Crippen LogP contribution is 2.25. The summed E-state index contributed by atoms with van der Waals surface area (Å²) in [6.45, 7) is 2.82. The second kappa shape index (κ2) is 5.86. The molecule has 0 atom stereocenters. The van der Waals surface area contributed by atoms with E-state index in [1.165, 1.54) is 0 Å². The first-order chi connectivity index (χ1) is 12.1. The molecule has 4 aromatic rings. The molecule has 0 saturated heterocycles. The Morgan fingerprint density at radius 1 is 1.32 bits per heavy atom. The number of carbonyl (C=O) groups is 1. The Balaban J connectivity index is 1.54. The van der Waals surface area contributed by atoms with E-state index in [1.54, 1.807) is 40.2 Å². The van der Waals surface area contributed by atoms with Gasteiger partial charge in [-0.1, -0.05) is 5.21 Å². The van der Waals surface area contributed by atoms with Crippen LogP contribution in [0.2, 0.25) is 0 Å². The standard InChI is InChI=1S/C16H14N6O3/c1-10-8-12(16(23)24)19-22(10)6-5-21-9-13(18-20-21)15-11-3-7-25-14(11)2-4-17-15/h2-4,7-9H,5-6H2,1H3,(H,23,24). The number of aromatic carboxylic acids is 1. The Kier molecular flexibility index (Phi) is 3.53. The number of hydrogen-bond acceptors (Lipinski definition) is 6. The van der Waals surface area contributed by atoms with Gasteiger partial charge in [-0.2, -0.15) is 5.10 Å². The molecular weight excluding hydrogens is 324 g/mol. The zero-order valence-corrected chi connectivity index (χ0v) is 13.3. The lowest BCUT2D eigenvalue weighted by molar-refractivity contribution is 0.0689. The predicted octanol–water partition coefficient (Wildman–Crippen LogP) is 1.99. The molecule has 0 radical (unpaired) electrons. The third-order valence-electron chi connectivity index (χ3n) is 3.90. The number of aryl methyl sites for hydroxylation is 3. The van der Waals surface area contributed by atoms with Crippen molar-refractivity contribution in [3.8, 4) is 11.4 Å². The molecule has 0 aliphatic carbocycles. The van der Waals surface area contributed by atoms with Gasteiger partial charge in [-0.15, -0.1) is 5.10 Å². The molecule has 9 nitrogen and oxygen atoms in total. The van der Waals surface area contributed by atoms with Gasteiger partial charge in [0.05, 0.1) is 25.5 Å². The normalized spacial score (nSPS) is 11.2. The predicted molar refractivity (Wildman–Crippen MR) is 86.9 cm³/mol. The Labute approximate surface area is 141 Å². The minimum absolute atomic E-state index is 0.0348. The van der Waals surface area contributed by atoms with Gasteiger partial charge in [0.1, 0.15) is 17.0 Å². The van der Waals surface area contributed by atoms with Crippen molar-refractivity contribution >= 4 is 16.9 Å².